The zero-order valence-corrected chi connectivity index (χ0v) is 15.6. The maximum absolute atomic E-state index is 12.2. The number of benzene rings is 2. The van der Waals surface area contributed by atoms with Gasteiger partial charge in [0.05, 0.1) is 24.3 Å². The highest BCUT2D eigenvalue weighted by molar-refractivity contribution is 6.21. The van der Waals surface area contributed by atoms with Gasteiger partial charge in [-0.05, 0) is 49.2 Å². The average molecular weight is 379 g/mol. The van der Waals surface area contributed by atoms with Crippen molar-refractivity contribution in [3.63, 3.8) is 0 Å². The molecule has 1 aliphatic heterocycles. The number of hydrogen-bond donors (Lipinski definition) is 0. The molecule has 0 atom stereocenters. The largest absolute Gasteiger partial charge is 0.494 e. The Morgan fingerprint density at radius 3 is 2.25 bits per heavy atom. The second-order valence-electron chi connectivity index (χ2n) is 6.16. The molecule has 0 unspecified atom stereocenters. The zero-order chi connectivity index (χ0) is 19.9. The summed E-state index contributed by atoms with van der Waals surface area (Å²) in [6.45, 7) is 2.85. The van der Waals surface area contributed by atoms with E-state index in [-0.39, 0.29) is 25.0 Å². The summed E-state index contributed by atoms with van der Waals surface area (Å²) in [6.07, 6.45) is 3.38. The Kier molecular flexibility index (Phi) is 6.22. The molecule has 2 aromatic carbocycles. The third kappa shape index (κ3) is 4.46. The lowest BCUT2D eigenvalue weighted by Gasteiger charge is -2.13. The Labute approximate surface area is 163 Å². The lowest BCUT2D eigenvalue weighted by molar-refractivity contribution is -0.137. The molecular formula is C22H21NO5. The minimum absolute atomic E-state index is 0.125. The maximum Gasteiger partial charge on any atom is 0.330 e. The Morgan fingerprint density at radius 2 is 1.64 bits per heavy atom. The van der Waals surface area contributed by atoms with Crippen LogP contribution in [0.3, 0.4) is 0 Å². The van der Waals surface area contributed by atoms with E-state index in [2.05, 4.69) is 0 Å². The van der Waals surface area contributed by atoms with E-state index in [9.17, 15) is 14.4 Å². The Hall–Kier alpha value is -3.41. The summed E-state index contributed by atoms with van der Waals surface area (Å²) in [4.78, 5) is 37.5. The SMILES string of the molecule is CCOc1ccc(/C=C/C(=O)OCCCN2C(=O)c3ccccc3C2=O)cc1. The molecule has 6 nitrogen and oxygen atoms in total. The topological polar surface area (TPSA) is 72.9 Å². The molecule has 0 saturated heterocycles. The summed E-state index contributed by atoms with van der Waals surface area (Å²) < 4.78 is 10.5. The van der Waals surface area contributed by atoms with Crippen LogP contribution in [-0.4, -0.2) is 42.4 Å². The smallest absolute Gasteiger partial charge is 0.330 e. The molecule has 0 fully saturated rings. The van der Waals surface area contributed by atoms with E-state index in [0.29, 0.717) is 24.2 Å². The summed E-state index contributed by atoms with van der Waals surface area (Å²) in [5, 5.41) is 0. The second kappa shape index (κ2) is 8.99. The third-order valence-corrected chi connectivity index (χ3v) is 4.25. The summed E-state index contributed by atoms with van der Waals surface area (Å²) in [5.41, 5.74) is 1.69. The van der Waals surface area contributed by atoms with Crippen LogP contribution in [0.1, 0.15) is 39.6 Å². The van der Waals surface area contributed by atoms with Crippen LogP contribution in [0.15, 0.2) is 54.6 Å². The van der Waals surface area contributed by atoms with E-state index >= 15 is 0 Å². The number of carbonyl (C=O) groups excluding carboxylic acids is 3. The average Bonchev–Trinajstić information content (AvgIpc) is 2.96. The highest BCUT2D eigenvalue weighted by Gasteiger charge is 2.34. The standard InChI is InChI=1S/C22H21NO5/c1-2-27-17-11-8-16(9-12-17)10-13-20(24)28-15-5-14-23-21(25)18-6-3-4-7-19(18)22(23)26/h3-4,6-13H,2,5,14-15H2,1H3/b13-10+. The van der Waals surface area contributed by atoms with E-state index in [1.54, 1.807) is 30.3 Å². The van der Waals surface area contributed by atoms with E-state index in [1.807, 2.05) is 31.2 Å². The fraction of sp³-hybridized carbons (Fsp3) is 0.227. The number of hydrogen-bond acceptors (Lipinski definition) is 5. The van der Waals surface area contributed by atoms with Crippen molar-refractivity contribution in [3.05, 3.63) is 71.3 Å². The highest BCUT2D eigenvalue weighted by atomic mass is 16.5. The van der Waals surface area contributed by atoms with Crippen LogP contribution in [0.5, 0.6) is 5.75 Å². The van der Waals surface area contributed by atoms with Crippen molar-refractivity contribution in [2.45, 2.75) is 13.3 Å². The van der Waals surface area contributed by atoms with Gasteiger partial charge in [0.1, 0.15) is 5.75 Å². The van der Waals surface area contributed by atoms with Gasteiger partial charge in [-0.2, -0.15) is 0 Å². The van der Waals surface area contributed by atoms with Gasteiger partial charge in [-0.3, -0.25) is 14.5 Å². The lowest BCUT2D eigenvalue weighted by Crippen LogP contribution is -2.31. The third-order valence-electron chi connectivity index (χ3n) is 4.25. The first-order valence-corrected chi connectivity index (χ1v) is 9.13. The van der Waals surface area contributed by atoms with Gasteiger partial charge in [0.25, 0.3) is 11.8 Å². The molecule has 0 bridgehead atoms. The van der Waals surface area contributed by atoms with Crippen LogP contribution >= 0.6 is 0 Å². The van der Waals surface area contributed by atoms with Gasteiger partial charge in [0.2, 0.25) is 0 Å². The van der Waals surface area contributed by atoms with E-state index < -0.39 is 5.97 Å². The molecule has 6 heteroatoms. The number of imide groups is 1. The molecule has 28 heavy (non-hydrogen) atoms. The molecule has 0 saturated carbocycles. The van der Waals surface area contributed by atoms with Crippen LogP contribution in [0, 0.1) is 0 Å². The van der Waals surface area contributed by atoms with Crippen molar-refractivity contribution in [1.82, 2.24) is 4.90 Å². The van der Waals surface area contributed by atoms with Crippen molar-refractivity contribution in [3.8, 4) is 5.75 Å². The van der Waals surface area contributed by atoms with Crippen molar-refractivity contribution >= 4 is 23.9 Å². The van der Waals surface area contributed by atoms with Crippen LogP contribution in [0.4, 0.5) is 0 Å². The Morgan fingerprint density at radius 1 is 1.00 bits per heavy atom. The lowest BCUT2D eigenvalue weighted by atomic mass is 10.1. The molecule has 0 aliphatic carbocycles. The molecule has 0 aromatic heterocycles. The van der Waals surface area contributed by atoms with Gasteiger partial charge >= 0.3 is 5.97 Å². The molecule has 1 aliphatic rings. The van der Waals surface area contributed by atoms with Crippen molar-refractivity contribution in [1.29, 1.82) is 0 Å². The van der Waals surface area contributed by atoms with Crippen LogP contribution in [-0.2, 0) is 9.53 Å². The number of rotatable bonds is 8. The van der Waals surface area contributed by atoms with Gasteiger partial charge in [0, 0.05) is 12.6 Å². The van der Waals surface area contributed by atoms with Crippen molar-refractivity contribution in [2.24, 2.45) is 0 Å². The van der Waals surface area contributed by atoms with Crippen molar-refractivity contribution < 1.29 is 23.9 Å². The minimum Gasteiger partial charge on any atom is -0.494 e. The van der Waals surface area contributed by atoms with Crippen LogP contribution < -0.4 is 4.74 Å². The number of amides is 2. The fourth-order valence-corrected chi connectivity index (χ4v) is 2.89. The van der Waals surface area contributed by atoms with E-state index in [0.717, 1.165) is 11.3 Å². The van der Waals surface area contributed by atoms with Gasteiger partial charge in [0.15, 0.2) is 0 Å². The summed E-state index contributed by atoms with van der Waals surface area (Å²) in [5.74, 6) is -0.309. The molecule has 3 rings (SSSR count). The van der Waals surface area contributed by atoms with Gasteiger partial charge in [-0.15, -0.1) is 0 Å². The molecule has 2 aromatic rings. The first kappa shape index (κ1) is 19.4. The molecule has 2 amide bonds. The highest BCUT2D eigenvalue weighted by Crippen LogP contribution is 2.22. The number of ether oxygens (including phenoxy) is 2. The molecule has 0 spiro atoms. The fourth-order valence-electron chi connectivity index (χ4n) is 2.89. The summed E-state index contributed by atoms with van der Waals surface area (Å²) in [7, 11) is 0. The predicted octanol–water partition coefficient (Wildman–Crippen LogP) is 3.33. The van der Waals surface area contributed by atoms with E-state index in [4.69, 9.17) is 9.47 Å². The number of fused-ring (bicyclic) bond motifs is 1. The van der Waals surface area contributed by atoms with Gasteiger partial charge in [-0.1, -0.05) is 24.3 Å². The quantitative estimate of drug-likeness (QED) is 0.304. The predicted molar refractivity (Wildman–Crippen MR) is 104 cm³/mol. The van der Waals surface area contributed by atoms with E-state index in [1.165, 1.54) is 11.0 Å². The molecule has 0 N–H and O–H groups in total. The first-order chi connectivity index (χ1) is 13.6. The Balaban J connectivity index is 1.42. The first-order valence-electron chi connectivity index (χ1n) is 9.13. The molecule has 0 radical (unpaired) electrons. The van der Waals surface area contributed by atoms with Crippen LogP contribution in [0.2, 0.25) is 0 Å². The van der Waals surface area contributed by atoms with Gasteiger partial charge in [-0.25, -0.2) is 4.79 Å². The number of esters is 1. The maximum atomic E-state index is 12.2. The minimum atomic E-state index is -0.476. The van der Waals surface area contributed by atoms with Crippen molar-refractivity contribution in [2.75, 3.05) is 19.8 Å². The number of nitrogens with zero attached hydrogens (tertiary/aromatic N) is 1. The zero-order valence-electron chi connectivity index (χ0n) is 15.6. The summed E-state index contributed by atoms with van der Waals surface area (Å²) in [6, 6.07) is 14.1. The number of carbonyl (C=O) groups is 3. The molecular weight excluding hydrogens is 358 g/mol. The molecule has 144 valence electrons. The van der Waals surface area contributed by atoms with Gasteiger partial charge < -0.3 is 9.47 Å². The second-order valence-corrected chi connectivity index (χ2v) is 6.16. The summed E-state index contributed by atoms with van der Waals surface area (Å²) >= 11 is 0. The molecule has 1 heterocycles. The monoisotopic (exact) mass is 379 g/mol. The van der Waals surface area contributed by atoms with Crippen LogP contribution in [0.25, 0.3) is 6.08 Å². The normalized spacial score (nSPS) is 13.1. The Bertz CT molecular complexity index is 866.